The molecule has 1 saturated carbocycles. The van der Waals surface area contributed by atoms with Crippen molar-refractivity contribution in [2.45, 2.75) is 43.8 Å². The minimum atomic E-state index is -2.42. The molecule has 3 atom stereocenters. The zero-order valence-electron chi connectivity index (χ0n) is 8.09. The van der Waals surface area contributed by atoms with Gasteiger partial charge in [0.2, 0.25) is 0 Å². The molecule has 1 rings (SSSR count). The van der Waals surface area contributed by atoms with Gasteiger partial charge < -0.3 is 9.47 Å². The lowest BCUT2D eigenvalue weighted by atomic mass is 9.91. The minimum absolute atomic E-state index is 0.0933. The Morgan fingerprint density at radius 3 is 2.64 bits per heavy atom. The normalized spacial score (nSPS) is 31.9. The maximum atomic E-state index is 11.8. The Kier molecular flexibility index (Phi) is 5.06. The Balaban J connectivity index is 2.19. The quantitative estimate of drug-likeness (QED) is 0.650. The van der Waals surface area contributed by atoms with Crippen molar-refractivity contribution >= 4 is 11.6 Å². The fraction of sp³-hybridized carbons (Fsp3) is 1.00. The zero-order chi connectivity index (χ0) is 10.6. The van der Waals surface area contributed by atoms with Gasteiger partial charge in [0.05, 0.1) is 11.5 Å². The Labute approximate surface area is 87.5 Å². The smallest absolute Gasteiger partial charge is 0.261 e. The van der Waals surface area contributed by atoms with E-state index >= 15 is 0 Å². The lowest BCUT2D eigenvalue weighted by Crippen LogP contribution is -2.51. The van der Waals surface area contributed by atoms with Crippen molar-refractivity contribution in [2.24, 2.45) is 0 Å². The van der Waals surface area contributed by atoms with Gasteiger partial charge in [-0.3, -0.25) is 0 Å². The molecule has 14 heavy (non-hydrogen) atoms. The average molecular weight is 229 g/mol. The van der Waals surface area contributed by atoms with Crippen LogP contribution in [0, 0.1) is 0 Å². The molecule has 0 aromatic carbocycles. The molecular formula is C9H15ClF2O2. The number of ether oxygens (including phenoxy) is 2. The van der Waals surface area contributed by atoms with Crippen LogP contribution in [0.4, 0.5) is 8.78 Å². The number of hydrogen-bond acceptors (Lipinski definition) is 2. The lowest BCUT2D eigenvalue weighted by Gasteiger charge is -2.40. The summed E-state index contributed by atoms with van der Waals surface area (Å²) in [4.78, 5) is 0. The fourth-order valence-electron chi connectivity index (χ4n) is 1.35. The van der Waals surface area contributed by atoms with E-state index in [-0.39, 0.29) is 17.6 Å². The van der Waals surface area contributed by atoms with Gasteiger partial charge in [0.1, 0.15) is 12.7 Å². The first-order valence-corrected chi connectivity index (χ1v) is 5.24. The van der Waals surface area contributed by atoms with E-state index in [9.17, 15) is 8.78 Å². The Morgan fingerprint density at radius 2 is 2.14 bits per heavy atom. The summed E-state index contributed by atoms with van der Waals surface area (Å²) >= 11 is 5.87. The highest BCUT2D eigenvalue weighted by molar-refractivity contribution is 6.21. The molecular weight excluding hydrogens is 214 g/mol. The zero-order valence-corrected chi connectivity index (χ0v) is 8.84. The van der Waals surface area contributed by atoms with Crippen molar-refractivity contribution < 1.29 is 18.3 Å². The summed E-state index contributed by atoms with van der Waals surface area (Å²) < 4.78 is 34.0. The van der Waals surface area contributed by atoms with Crippen LogP contribution in [0.2, 0.25) is 0 Å². The molecule has 1 aliphatic rings. The van der Waals surface area contributed by atoms with Crippen LogP contribution in [-0.4, -0.2) is 37.2 Å². The number of hydrogen-bond donors (Lipinski definition) is 0. The van der Waals surface area contributed by atoms with Gasteiger partial charge in [-0.1, -0.05) is 6.92 Å². The Hall–Kier alpha value is 0.0700. The summed E-state index contributed by atoms with van der Waals surface area (Å²) in [5.74, 6) is 0. The Morgan fingerprint density at radius 1 is 1.43 bits per heavy atom. The van der Waals surface area contributed by atoms with E-state index in [0.717, 1.165) is 6.42 Å². The van der Waals surface area contributed by atoms with Gasteiger partial charge in [0.15, 0.2) is 0 Å². The van der Waals surface area contributed by atoms with Crippen molar-refractivity contribution in [2.75, 3.05) is 13.2 Å². The Bertz CT molecular complexity index is 169. The van der Waals surface area contributed by atoms with Crippen LogP contribution in [-0.2, 0) is 9.47 Å². The highest BCUT2D eigenvalue weighted by Gasteiger charge is 2.41. The van der Waals surface area contributed by atoms with E-state index < -0.39 is 13.0 Å². The molecule has 0 aliphatic heterocycles. The molecule has 1 fully saturated rings. The van der Waals surface area contributed by atoms with Crippen LogP contribution >= 0.6 is 11.6 Å². The first-order valence-electron chi connectivity index (χ1n) is 4.80. The van der Waals surface area contributed by atoms with Gasteiger partial charge in [-0.2, -0.15) is 0 Å². The van der Waals surface area contributed by atoms with Crippen LogP contribution in [0.25, 0.3) is 0 Å². The third-order valence-corrected chi connectivity index (χ3v) is 2.56. The molecule has 0 aromatic heterocycles. The summed E-state index contributed by atoms with van der Waals surface area (Å²) in [6, 6.07) is 0. The van der Waals surface area contributed by atoms with E-state index in [1.165, 1.54) is 0 Å². The van der Waals surface area contributed by atoms with Crippen LogP contribution < -0.4 is 0 Å². The molecule has 0 amide bonds. The maximum Gasteiger partial charge on any atom is 0.261 e. The summed E-state index contributed by atoms with van der Waals surface area (Å²) in [7, 11) is 0. The van der Waals surface area contributed by atoms with E-state index in [0.29, 0.717) is 13.0 Å². The first-order chi connectivity index (χ1) is 6.65. The molecule has 0 N–H and O–H groups in total. The second kappa shape index (κ2) is 5.83. The molecule has 0 bridgehead atoms. The molecule has 0 saturated heterocycles. The number of rotatable bonds is 6. The molecule has 5 heteroatoms. The van der Waals surface area contributed by atoms with Gasteiger partial charge in [0, 0.05) is 6.61 Å². The lowest BCUT2D eigenvalue weighted by molar-refractivity contribution is -0.141. The molecule has 2 nitrogen and oxygen atoms in total. The van der Waals surface area contributed by atoms with Crippen LogP contribution in [0.15, 0.2) is 0 Å². The van der Waals surface area contributed by atoms with Gasteiger partial charge in [-0.25, -0.2) is 8.78 Å². The van der Waals surface area contributed by atoms with Crippen molar-refractivity contribution in [1.29, 1.82) is 0 Å². The number of halogens is 3. The third-order valence-electron chi connectivity index (χ3n) is 2.13. The largest absolute Gasteiger partial charge is 0.374 e. The average Bonchev–Trinajstić information content (AvgIpc) is 2.12. The van der Waals surface area contributed by atoms with Crippen molar-refractivity contribution in [3.05, 3.63) is 0 Å². The topological polar surface area (TPSA) is 18.5 Å². The van der Waals surface area contributed by atoms with E-state index in [4.69, 9.17) is 21.1 Å². The standard InChI is InChI=1S/C9H15ClF2O2/c1-2-3-13-9-6(10)4-7(9)14-5-8(11)12/h6-9H,2-5H2,1H3. The predicted molar refractivity (Wildman–Crippen MR) is 50.0 cm³/mol. The second-order valence-electron chi connectivity index (χ2n) is 3.35. The third kappa shape index (κ3) is 3.33. The first kappa shape index (κ1) is 12.1. The van der Waals surface area contributed by atoms with E-state index in [2.05, 4.69) is 0 Å². The molecule has 0 spiro atoms. The fourth-order valence-corrected chi connectivity index (χ4v) is 1.76. The van der Waals surface area contributed by atoms with Crippen molar-refractivity contribution in [3.8, 4) is 0 Å². The maximum absolute atomic E-state index is 11.8. The summed E-state index contributed by atoms with van der Waals surface area (Å²) in [6.45, 7) is 2.06. The van der Waals surface area contributed by atoms with Crippen molar-refractivity contribution in [3.63, 3.8) is 0 Å². The van der Waals surface area contributed by atoms with Crippen LogP contribution in [0.5, 0.6) is 0 Å². The highest BCUT2D eigenvalue weighted by atomic mass is 35.5. The molecule has 0 radical (unpaired) electrons. The molecule has 1 aliphatic carbocycles. The minimum Gasteiger partial charge on any atom is -0.374 e. The van der Waals surface area contributed by atoms with Gasteiger partial charge in [-0.15, -0.1) is 11.6 Å². The van der Waals surface area contributed by atoms with Crippen LogP contribution in [0.1, 0.15) is 19.8 Å². The summed E-state index contributed by atoms with van der Waals surface area (Å²) in [6.07, 6.45) is -1.39. The SMILES string of the molecule is CCCOC1C(Cl)CC1OCC(F)F. The monoisotopic (exact) mass is 228 g/mol. The van der Waals surface area contributed by atoms with Crippen molar-refractivity contribution in [1.82, 2.24) is 0 Å². The molecule has 0 aromatic rings. The van der Waals surface area contributed by atoms with Gasteiger partial charge >= 0.3 is 0 Å². The summed E-state index contributed by atoms with van der Waals surface area (Å²) in [5, 5.41) is -0.0933. The van der Waals surface area contributed by atoms with Crippen LogP contribution in [0.3, 0.4) is 0 Å². The highest BCUT2D eigenvalue weighted by Crippen LogP contribution is 2.32. The summed E-state index contributed by atoms with van der Waals surface area (Å²) in [5.41, 5.74) is 0. The van der Waals surface area contributed by atoms with E-state index in [1.54, 1.807) is 0 Å². The predicted octanol–water partition coefficient (Wildman–Crippen LogP) is 2.44. The van der Waals surface area contributed by atoms with E-state index in [1.807, 2.05) is 6.92 Å². The van der Waals surface area contributed by atoms with Gasteiger partial charge in [-0.05, 0) is 12.8 Å². The molecule has 3 unspecified atom stereocenters. The number of alkyl halides is 3. The second-order valence-corrected chi connectivity index (χ2v) is 3.91. The molecule has 84 valence electrons. The molecule has 0 heterocycles. The van der Waals surface area contributed by atoms with Gasteiger partial charge in [0.25, 0.3) is 6.43 Å².